The van der Waals surface area contributed by atoms with Crippen molar-refractivity contribution in [3.8, 4) is 5.75 Å². The maximum absolute atomic E-state index is 13.8. The Labute approximate surface area is 174 Å². The fourth-order valence-electron chi connectivity index (χ4n) is 3.97. The molecule has 0 spiro atoms. The molecule has 2 N–H and O–H groups in total. The van der Waals surface area contributed by atoms with Crippen LogP contribution < -0.4 is 10.5 Å². The number of nitrogens with two attached hydrogens (primary N) is 1. The van der Waals surface area contributed by atoms with Crippen LogP contribution in [0.25, 0.3) is 0 Å². The van der Waals surface area contributed by atoms with Gasteiger partial charge in [-0.05, 0) is 55.2 Å². The molecule has 2 aromatic carbocycles. The first kappa shape index (κ1) is 21.7. The average Bonchev–Trinajstić information content (AvgIpc) is 2.72. The van der Waals surface area contributed by atoms with Crippen LogP contribution in [-0.2, 0) is 16.0 Å². The lowest BCUT2D eigenvalue weighted by atomic mass is 9.77. The van der Waals surface area contributed by atoms with Gasteiger partial charge >= 0.3 is 0 Å². The van der Waals surface area contributed by atoms with E-state index in [-0.39, 0.29) is 37.0 Å². The van der Waals surface area contributed by atoms with Gasteiger partial charge in [0.15, 0.2) is 0 Å². The van der Waals surface area contributed by atoms with Crippen molar-refractivity contribution >= 4 is 11.8 Å². The molecular formula is C23H26F2N2O3. The van der Waals surface area contributed by atoms with E-state index in [4.69, 9.17) is 10.5 Å². The van der Waals surface area contributed by atoms with Crippen molar-refractivity contribution < 1.29 is 23.1 Å². The molecule has 1 fully saturated rings. The molecule has 2 aromatic rings. The van der Waals surface area contributed by atoms with Crippen LogP contribution in [0, 0.1) is 17.0 Å². The Balaban J connectivity index is 1.65. The number of benzene rings is 2. The highest BCUT2D eigenvalue weighted by Gasteiger charge is 2.39. The van der Waals surface area contributed by atoms with Crippen molar-refractivity contribution in [1.82, 2.24) is 4.90 Å². The van der Waals surface area contributed by atoms with E-state index in [0.717, 1.165) is 0 Å². The van der Waals surface area contributed by atoms with Gasteiger partial charge in [-0.25, -0.2) is 8.78 Å². The quantitative estimate of drug-likeness (QED) is 0.716. The molecule has 0 radical (unpaired) electrons. The van der Waals surface area contributed by atoms with Crippen LogP contribution in [0.2, 0.25) is 0 Å². The van der Waals surface area contributed by atoms with Crippen LogP contribution >= 0.6 is 0 Å². The van der Waals surface area contributed by atoms with E-state index in [2.05, 4.69) is 0 Å². The lowest BCUT2D eigenvalue weighted by Crippen LogP contribution is -2.50. The number of rotatable bonds is 8. The Hall–Kier alpha value is -2.96. The third-order valence-electron chi connectivity index (χ3n) is 5.49. The molecule has 7 heteroatoms. The number of likely N-dealkylation sites (tertiary alicyclic amines) is 1. The van der Waals surface area contributed by atoms with Crippen LogP contribution in [0.15, 0.2) is 48.5 Å². The van der Waals surface area contributed by atoms with Crippen LogP contribution in [0.3, 0.4) is 0 Å². The summed E-state index contributed by atoms with van der Waals surface area (Å²) in [7, 11) is 0. The summed E-state index contributed by atoms with van der Waals surface area (Å²) in [5.74, 6) is -0.742. The maximum Gasteiger partial charge on any atom is 0.222 e. The number of hydrogen-bond donors (Lipinski definition) is 1. The summed E-state index contributed by atoms with van der Waals surface area (Å²) in [6.07, 6.45) is 1.99. The third-order valence-corrected chi connectivity index (χ3v) is 5.49. The molecule has 3 rings (SSSR count). The van der Waals surface area contributed by atoms with Gasteiger partial charge in [0.2, 0.25) is 11.8 Å². The predicted octanol–water partition coefficient (Wildman–Crippen LogP) is 3.46. The highest BCUT2D eigenvalue weighted by atomic mass is 19.1. The van der Waals surface area contributed by atoms with E-state index >= 15 is 0 Å². The molecule has 1 atom stereocenters. The zero-order chi connectivity index (χ0) is 21.6. The zero-order valence-corrected chi connectivity index (χ0v) is 16.8. The van der Waals surface area contributed by atoms with Crippen LogP contribution in [0.4, 0.5) is 8.78 Å². The normalized spacial score (nSPS) is 18.8. The Morgan fingerprint density at radius 2 is 1.83 bits per heavy atom. The molecule has 0 aromatic heterocycles. The number of primary amides is 1. The number of halogens is 2. The smallest absolute Gasteiger partial charge is 0.222 e. The first-order chi connectivity index (χ1) is 14.4. The van der Waals surface area contributed by atoms with E-state index in [1.165, 1.54) is 30.3 Å². The van der Waals surface area contributed by atoms with Gasteiger partial charge in [-0.2, -0.15) is 0 Å². The van der Waals surface area contributed by atoms with Crippen molar-refractivity contribution in [2.75, 3.05) is 19.7 Å². The first-order valence-electron chi connectivity index (χ1n) is 10.0. The fraction of sp³-hybridized carbons (Fsp3) is 0.391. The molecule has 0 saturated carbocycles. The van der Waals surface area contributed by atoms with Gasteiger partial charge in [-0.1, -0.05) is 18.2 Å². The predicted molar refractivity (Wildman–Crippen MR) is 109 cm³/mol. The summed E-state index contributed by atoms with van der Waals surface area (Å²) in [5, 5.41) is 0. The zero-order valence-electron chi connectivity index (χ0n) is 16.8. The van der Waals surface area contributed by atoms with Crippen molar-refractivity contribution in [1.29, 1.82) is 0 Å². The fourth-order valence-corrected chi connectivity index (χ4v) is 3.97. The van der Waals surface area contributed by atoms with E-state index < -0.39 is 11.3 Å². The molecule has 5 nitrogen and oxygen atoms in total. The average molecular weight is 416 g/mol. The summed E-state index contributed by atoms with van der Waals surface area (Å²) in [4.78, 5) is 26.2. The van der Waals surface area contributed by atoms with E-state index in [0.29, 0.717) is 43.7 Å². The Morgan fingerprint density at radius 1 is 1.10 bits per heavy atom. The molecule has 2 amide bonds. The van der Waals surface area contributed by atoms with Crippen molar-refractivity contribution in [3.05, 3.63) is 65.7 Å². The second kappa shape index (κ2) is 9.69. The highest BCUT2D eigenvalue weighted by molar-refractivity contribution is 5.77. The van der Waals surface area contributed by atoms with E-state index in [1.54, 1.807) is 23.1 Å². The van der Waals surface area contributed by atoms with Crippen LogP contribution in [0.1, 0.15) is 31.2 Å². The molecule has 1 aliphatic heterocycles. The first-order valence-corrected chi connectivity index (χ1v) is 10.0. The second-order valence-corrected chi connectivity index (χ2v) is 7.90. The molecule has 0 aliphatic carbocycles. The third kappa shape index (κ3) is 5.78. The minimum Gasteiger partial charge on any atom is -0.493 e. The van der Waals surface area contributed by atoms with Crippen LogP contribution in [0.5, 0.6) is 5.75 Å². The second-order valence-electron chi connectivity index (χ2n) is 7.90. The highest BCUT2D eigenvalue weighted by Crippen LogP contribution is 2.35. The Morgan fingerprint density at radius 3 is 2.53 bits per heavy atom. The largest absolute Gasteiger partial charge is 0.493 e. The molecule has 30 heavy (non-hydrogen) atoms. The maximum atomic E-state index is 13.8. The molecule has 1 saturated heterocycles. The summed E-state index contributed by atoms with van der Waals surface area (Å²) in [6.45, 7) is 1.11. The lowest BCUT2D eigenvalue weighted by Gasteiger charge is -2.42. The SMILES string of the molecule is NC(=O)C[C@]1(COc2ccc(F)cc2)CCCN(C(=O)CCc2ccccc2F)C1. The molecule has 0 bridgehead atoms. The summed E-state index contributed by atoms with van der Waals surface area (Å²) in [5.41, 5.74) is 5.38. The van der Waals surface area contributed by atoms with Gasteiger partial charge in [0.1, 0.15) is 17.4 Å². The van der Waals surface area contributed by atoms with Crippen molar-refractivity contribution in [2.24, 2.45) is 11.1 Å². The summed E-state index contributed by atoms with van der Waals surface area (Å²) < 4.78 is 32.7. The molecule has 1 aliphatic rings. The molecule has 1 heterocycles. The van der Waals surface area contributed by atoms with Gasteiger partial charge in [-0.3, -0.25) is 9.59 Å². The van der Waals surface area contributed by atoms with Gasteiger partial charge in [0.05, 0.1) is 6.61 Å². The van der Waals surface area contributed by atoms with E-state index in [1.807, 2.05) is 0 Å². The lowest BCUT2D eigenvalue weighted by molar-refractivity contribution is -0.137. The minimum atomic E-state index is -0.605. The Kier molecular flexibility index (Phi) is 7.03. The number of ether oxygens (including phenoxy) is 1. The topological polar surface area (TPSA) is 72.6 Å². The van der Waals surface area contributed by atoms with Crippen molar-refractivity contribution in [2.45, 2.75) is 32.1 Å². The van der Waals surface area contributed by atoms with Crippen molar-refractivity contribution in [3.63, 3.8) is 0 Å². The number of carbonyl (C=O) groups excluding carboxylic acids is 2. The van der Waals surface area contributed by atoms with Gasteiger partial charge in [-0.15, -0.1) is 0 Å². The molecule has 160 valence electrons. The van der Waals surface area contributed by atoms with Gasteiger partial charge < -0.3 is 15.4 Å². The van der Waals surface area contributed by atoms with Gasteiger partial charge in [0, 0.05) is 31.3 Å². The number of piperidine rings is 1. The van der Waals surface area contributed by atoms with Crippen LogP contribution in [-0.4, -0.2) is 36.4 Å². The number of nitrogens with zero attached hydrogens (tertiary/aromatic N) is 1. The van der Waals surface area contributed by atoms with Gasteiger partial charge in [0.25, 0.3) is 0 Å². The minimum absolute atomic E-state index is 0.0886. The monoisotopic (exact) mass is 416 g/mol. The standard InChI is InChI=1S/C23H26F2N2O3/c24-18-7-9-19(10-8-18)30-16-23(14-21(26)28)12-3-13-27(15-23)22(29)11-6-17-4-1-2-5-20(17)25/h1-2,4-5,7-10H,3,6,11-16H2,(H2,26,28)/t23-/m1/s1. The molecule has 0 unspecified atom stereocenters. The number of carbonyl (C=O) groups is 2. The summed E-state index contributed by atoms with van der Waals surface area (Å²) in [6, 6.07) is 12.1. The number of hydrogen-bond acceptors (Lipinski definition) is 3. The van der Waals surface area contributed by atoms with E-state index in [9.17, 15) is 18.4 Å². The number of aryl methyl sites for hydroxylation is 1. The molecular weight excluding hydrogens is 390 g/mol. The number of amides is 2. The summed E-state index contributed by atoms with van der Waals surface area (Å²) >= 11 is 0. The Bertz CT molecular complexity index is 888.